The number of carbonyl (C=O) groups is 1. The van der Waals surface area contributed by atoms with Crippen LogP contribution in [0.1, 0.15) is 18.4 Å². The van der Waals surface area contributed by atoms with Gasteiger partial charge in [0, 0.05) is 54.9 Å². The maximum atomic E-state index is 16.5. The van der Waals surface area contributed by atoms with Crippen molar-refractivity contribution in [1.29, 1.82) is 0 Å². The van der Waals surface area contributed by atoms with Crippen molar-refractivity contribution in [2.24, 2.45) is 0 Å². The summed E-state index contributed by atoms with van der Waals surface area (Å²) in [4.78, 5) is 32.1. The van der Waals surface area contributed by atoms with Gasteiger partial charge in [0.25, 0.3) is 0 Å². The third-order valence-electron chi connectivity index (χ3n) is 8.10. The van der Waals surface area contributed by atoms with Gasteiger partial charge in [0.05, 0.1) is 5.39 Å². The van der Waals surface area contributed by atoms with Gasteiger partial charge in [-0.3, -0.25) is 9.78 Å². The molecule has 1 amide bonds. The van der Waals surface area contributed by atoms with E-state index in [2.05, 4.69) is 34.4 Å². The Balaban J connectivity index is 1.45. The summed E-state index contributed by atoms with van der Waals surface area (Å²) in [5, 5.41) is 2.15. The third kappa shape index (κ3) is 4.96. The molecule has 0 saturated carbocycles. The van der Waals surface area contributed by atoms with Crippen molar-refractivity contribution in [3.05, 3.63) is 66.6 Å². The average Bonchev–Trinajstić information content (AvgIpc) is 3.43. The van der Waals surface area contributed by atoms with E-state index < -0.39 is 5.82 Å². The molecule has 2 aromatic heterocycles. The average molecular weight is 551 g/mol. The molecule has 0 N–H and O–H groups in total. The second-order valence-electron chi connectivity index (χ2n) is 10.5. The fourth-order valence-corrected chi connectivity index (χ4v) is 5.80. The van der Waals surface area contributed by atoms with Gasteiger partial charge in [0.2, 0.25) is 5.91 Å². The number of pyridine rings is 1. The van der Waals surface area contributed by atoms with Crippen LogP contribution in [0.15, 0.2) is 55.3 Å². The Morgan fingerprint density at radius 1 is 1.17 bits per heavy atom. The summed E-state index contributed by atoms with van der Waals surface area (Å²) in [5.74, 6) is 2.59. The molecule has 2 aliphatic heterocycles. The Kier molecular flexibility index (Phi) is 7.25. The van der Waals surface area contributed by atoms with Gasteiger partial charge in [-0.2, -0.15) is 9.97 Å². The van der Waals surface area contributed by atoms with E-state index in [1.165, 1.54) is 6.08 Å². The Morgan fingerprint density at radius 2 is 1.95 bits per heavy atom. The number of nitrogens with zero attached hydrogens (tertiary/aromatic N) is 6. The molecule has 0 bridgehead atoms. The van der Waals surface area contributed by atoms with Crippen LogP contribution in [0.25, 0.3) is 32.9 Å². The van der Waals surface area contributed by atoms with Crippen molar-refractivity contribution in [2.45, 2.75) is 18.9 Å². The number of hydrogen-bond acceptors (Lipinski definition) is 7. The highest BCUT2D eigenvalue weighted by molar-refractivity contribution is 6.02. The number of piperazine rings is 1. The standard InChI is InChI=1S/C32H31FN6O2/c1-4-21-9-6-10-22-11-7-13-24(27(21)22)29-28(33)30-25(19-34-29)31(39-17-15-38(16-18-39)26(40)5-2)36-32(35-30)41-20-23-12-8-14-37(23)3/h1,5-7,9-11,13,19,23H,2,8,12,14-18,20H2,3H3. The Labute approximate surface area is 238 Å². The van der Waals surface area contributed by atoms with E-state index in [1.807, 2.05) is 41.3 Å². The first-order chi connectivity index (χ1) is 20.0. The minimum absolute atomic E-state index is 0.110. The summed E-state index contributed by atoms with van der Waals surface area (Å²) in [7, 11) is 2.07. The van der Waals surface area contributed by atoms with Crippen LogP contribution in [0.5, 0.6) is 6.01 Å². The Hall–Kier alpha value is -4.55. The zero-order valence-electron chi connectivity index (χ0n) is 23.0. The molecule has 2 fully saturated rings. The highest BCUT2D eigenvalue weighted by Crippen LogP contribution is 2.36. The fourth-order valence-electron chi connectivity index (χ4n) is 5.80. The predicted octanol–water partition coefficient (Wildman–Crippen LogP) is 4.27. The van der Waals surface area contributed by atoms with Crippen LogP contribution in [-0.4, -0.2) is 83.1 Å². The first-order valence-corrected chi connectivity index (χ1v) is 13.8. The molecule has 2 saturated heterocycles. The minimum atomic E-state index is -0.561. The van der Waals surface area contributed by atoms with Crippen LogP contribution in [0.2, 0.25) is 0 Å². The second-order valence-corrected chi connectivity index (χ2v) is 10.5. The van der Waals surface area contributed by atoms with Gasteiger partial charge < -0.3 is 19.4 Å². The van der Waals surface area contributed by atoms with Crippen LogP contribution >= 0.6 is 0 Å². The normalized spacial score (nSPS) is 17.6. The molecule has 1 unspecified atom stereocenters. The van der Waals surface area contributed by atoms with E-state index >= 15 is 4.39 Å². The number of hydrogen-bond donors (Lipinski definition) is 0. The van der Waals surface area contributed by atoms with Gasteiger partial charge in [-0.1, -0.05) is 42.8 Å². The van der Waals surface area contributed by atoms with Gasteiger partial charge in [-0.15, -0.1) is 6.42 Å². The number of rotatable bonds is 6. The first kappa shape index (κ1) is 26.7. The molecule has 0 radical (unpaired) electrons. The number of fused-ring (bicyclic) bond motifs is 2. The summed E-state index contributed by atoms with van der Waals surface area (Å²) < 4.78 is 22.6. The lowest BCUT2D eigenvalue weighted by Gasteiger charge is -2.35. The van der Waals surface area contributed by atoms with E-state index in [4.69, 9.17) is 16.1 Å². The summed E-state index contributed by atoms with van der Waals surface area (Å²) in [5.41, 5.74) is 1.56. The molecule has 8 nitrogen and oxygen atoms in total. The topological polar surface area (TPSA) is 74.7 Å². The highest BCUT2D eigenvalue weighted by Gasteiger charge is 2.27. The van der Waals surface area contributed by atoms with E-state index in [-0.39, 0.29) is 29.2 Å². The number of aromatic nitrogens is 3. The number of amides is 1. The maximum absolute atomic E-state index is 16.5. The van der Waals surface area contributed by atoms with Crippen LogP contribution in [0.4, 0.5) is 10.2 Å². The van der Waals surface area contributed by atoms with Gasteiger partial charge in [0.1, 0.15) is 23.6 Å². The molecule has 6 rings (SSSR count). The van der Waals surface area contributed by atoms with Crippen LogP contribution in [0, 0.1) is 18.2 Å². The van der Waals surface area contributed by atoms with Gasteiger partial charge in [-0.05, 0) is 44.0 Å². The molecule has 0 spiro atoms. The first-order valence-electron chi connectivity index (χ1n) is 13.8. The van der Waals surface area contributed by atoms with E-state index in [0.717, 1.165) is 30.2 Å². The summed E-state index contributed by atoms with van der Waals surface area (Å²) in [6.07, 6.45) is 10.9. The van der Waals surface area contributed by atoms with E-state index in [0.29, 0.717) is 55.1 Å². The highest BCUT2D eigenvalue weighted by atomic mass is 19.1. The van der Waals surface area contributed by atoms with Crippen molar-refractivity contribution in [1.82, 2.24) is 24.8 Å². The molecular weight excluding hydrogens is 519 g/mol. The van der Waals surface area contributed by atoms with E-state index in [9.17, 15) is 4.79 Å². The summed E-state index contributed by atoms with van der Waals surface area (Å²) in [6, 6.07) is 11.7. The molecule has 2 aliphatic rings. The van der Waals surface area contributed by atoms with Crippen molar-refractivity contribution >= 4 is 33.4 Å². The number of halogens is 1. The number of ether oxygens (including phenoxy) is 1. The molecule has 208 valence electrons. The predicted molar refractivity (Wildman–Crippen MR) is 158 cm³/mol. The quantitative estimate of drug-likeness (QED) is 0.262. The van der Waals surface area contributed by atoms with Gasteiger partial charge in [-0.25, -0.2) is 4.39 Å². The maximum Gasteiger partial charge on any atom is 0.319 e. The molecule has 2 aromatic carbocycles. The number of likely N-dealkylation sites (N-methyl/N-ethyl adjacent to an activating group) is 1. The lowest BCUT2D eigenvalue weighted by molar-refractivity contribution is -0.126. The Bertz CT molecular complexity index is 1690. The lowest BCUT2D eigenvalue weighted by atomic mass is 9.97. The van der Waals surface area contributed by atoms with Gasteiger partial charge in [0.15, 0.2) is 5.82 Å². The number of carbonyl (C=O) groups excluding carboxylic acids is 1. The number of likely N-dealkylation sites (tertiary alicyclic amines) is 1. The molecular formula is C32H31FN6O2. The van der Waals surface area contributed by atoms with Crippen molar-refractivity contribution in [3.8, 4) is 29.6 Å². The molecule has 9 heteroatoms. The lowest BCUT2D eigenvalue weighted by Crippen LogP contribution is -2.48. The van der Waals surface area contributed by atoms with Crippen LogP contribution in [-0.2, 0) is 4.79 Å². The second kappa shape index (κ2) is 11.1. The molecule has 4 aromatic rings. The largest absolute Gasteiger partial charge is 0.462 e. The molecule has 4 heterocycles. The zero-order chi connectivity index (χ0) is 28.5. The summed E-state index contributed by atoms with van der Waals surface area (Å²) >= 11 is 0. The molecule has 1 atom stereocenters. The van der Waals surface area contributed by atoms with Crippen LogP contribution in [0.3, 0.4) is 0 Å². The smallest absolute Gasteiger partial charge is 0.319 e. The molecule has 41 heavy (non-hydrogen) atoms. The van der Waals surface area contributed by atoms with Crippen LogP contribution < -0.4 is 9.64 Å². The third-order valence-corrected chi connectivity index (χ3v) is 8.10. The molecule has 0 aliphatic carbocycles. The van der Waals surface area contributed by atoms with Crippen molar-refractivity contribution in [2.75, 3.05) is 51.3 Å². The number of terminal acetylenes is 1. The van der Waals surface area contributed by atoms with Crippen molar-refractivity contribution in [3.63, 3.8) is 0 Å². The van der Waals surface area contributed by atoms with E-state index in [1.54, 1.807) is 11.1 Å². The minimum Gasteiger partial charge on any atom is -0.462 e. The fraction of sp³-hybridized carbons (Fsp3) is 0.312. The van der Waals surface area contributed by atoms with Crippen molar-refractivity contribution < 1.29 is 13.9 Å². The zero-order valence-corrected chi connectivity index (χ0v) is 23.0. The number of anilines is 1. The van der Waals surface area contributed by atoms with Gasteiger partial charge >= 0.3 is 6.01 Å². The number of benzene rings is 2. The monoisotopic (exact) mass is 550 g/mol. The summed E-state index contributed by atoms with van der Waals surface area (Å²) in [6.45, 7) is 7.06. The Morgan fingerprint density at radius 3 is 2.66 bits per heavy atom. The SMILES string of the molecule is C#Cc1cccc2cccc(-c3ncc4c(N5CCN(C(=O)C=C)CC5)nc(OCC5CCCN5C)nc4c3F)c12.